The minimum absolute atomic E-state index is 0.174. The van der Waals surface area contributed by atoms with Crippen LogP contribution in [0.25, 0.3) is 22.4 Å². The van der Waals surface area contributed by atoms with E-state index in [1.807, 2.05) is 78.9 Å². The van der Waals surface area contributed by atoms with E-state index < -0.39 is 0 Å². The first-order valence-electron chi connectivity index (χ1n) is 8.37. The van der Waals surface area contributed by atoms with E-state index in [4.69, 9.17) is 0 Å². The molecule has 0 aliphatic rings. The van der Waals surface area contributed by atoms with Crippen molar-refractivity contribution in [3.8, 4) is 22.4 Å². The molecule has 26 heavy (non-hydrogen) atoms. The Balaban J connectivity index is 1.97. The molecule has 0 bridgehead atoms. The molecule has 4 nitrogen and oxygen atoms in total. The Morgan fingerprint density at radius 2 is 1.50 bits per heavy atom. The maximum absolute atomic E-state index is 12.7. The largest absolute Gasteiger partial charge is 0.350 e. The van der Waals surface area contributed by atoms with E-state index in [9.17, 15) is 4.79 Å². The number of hydrogen-bond donors (Lipinski definition) is 2. The van der Waals surface area contributed by atoms with Crippen LogP contribution in [-0.4, -0.2) is 9.97 Å². The summed E-state index contributed by atoms with van der Waals surface area (Å²) in [7, 11) is 0. The Morgan fingerprint density at radius 3 is 2.19 bits per heavy atom. The second kappa shape index (κ2) is 7.07. The molecule has 2 aromatic heterocycles. The molecule has 4 rings (SSSR count). The lowest BCUT2D eigenvalue weighted by Crippen LogP contribution is -2.13. The van der Waals surface area contributed by atoms with Crippen LogP contribution in [0.1, 0.15) is 0 Å². The van der Waals surface area contributed by atoms with Crippen LogP contribution in [-0.2, 0) is 0 Å². The summed E-state index contributed by atoms with van der Waals surface area (Å²) in [6.07, 6.45) is 3.47. The molecule has 4 aromatic rings. The van der Waals surface area contributed by atoms with Gasteiger partial charge in [0.2, 0.25) is 0 Å². The molecular weight excluding hydrogens is 322 g/mol. The summed E-state index contributed by atoms with van der Waals surface area (Å²) < 4.78 is 0. The zero-order chi connectivity index (χ0) is 17.8. The van der Waals surface area contributed by atoms with Crippen molar-refractivity contribution in [2.24, 2.45) is 0 Å². The van der Waals surface area contributed by atoms with Gasteiger partial charge in [0.05, 0.1) is 5.69 Å². The predicted octanol–water partition coefficient (Wildman–Crippen LogP) is 4.85. The van der Waals surface area contributed by atoms with Crippen LogP contribution in [0.15, 0.2) is 96.1 Å². The highest BCUT2D eigenvalue weighted by molar-refractivity contribution is 5.91. The Labute approximate surface area is 151 Å². The molecular formula is C22H17N3O. The lowest BCUT2D eigenvalue weighted by atomic mass is 9.97. The second-order valence-corrected chi connectivity index (χ2v) is 5.85. The fraction of sp³-hybridized carbons (Fsp3) is 0. The summed E-state index contributed by atoms with van der Waals surface area (Å²) in [4.78, 5) is 20.0. The molecule has 4 heteroatoms. The minimum Gasteiger partial charge on any atom is -0.350 e. The van der Waals surface area contributed by atoms with Gasteiger partial charge in [-0.25, -0.2) is 0 Å². The van der Waals surface area contributed by atoms with Gasteiger partial charge in [0.15, 0.2) is 0 Å². The lowest BCUT2D eigenvalue weighted by Gasteiger charge is -2.15. The van der Waals surface area contributed by atoms with E-state index in [1.165, 1.54) is 0 Å². The van der Waals surface area contributed by atoms with Gasteiger partial charge in [-0.1, -0.05) is 54.6 Å². The number of aromatic amines is 1. The Morgan fingerprint density at radius 1 is 0.808 bits per heavy atom. The van der Waals surface area contributed by atoms with Gasteiger partial charge in [0.25, 0.3) is 5.56 Å². The van der Waals surface area contributed by atoms with E-state index in [1.54, 1.807) is 12.4 Å². The summed E-state index contributed by atoms with van der Waals surface area (Å²) in [5, 5.41) is 3.28. The van der Waals surface area contributed by atoms with Crippen LogP contribution < -0.4 is 10.9 Å². The number of pyridine rings is 2. The molecule has 0 amide bonds. The summed E-state index contributed by atoms with van der Waals surface area (Å²) in [5.41, 5.74) is 4.65. The smallest absolute Gasteiger partial charge is 0.272 e. The number of rotatable bonds is 4. The molecule has 0 fully saturated rings. The van der Waals surface area contributed by atoms with Crippen molar-refractivity contribution in [3.63, 3.8) is 0 Å². The standard InChI is InChI=1S/C22H17N3O/c26-22-21(25-17-11-5-2-6-12-17)20(16-9-3-1-4-10-16)18(15-24-22)19-13-7-8-14-23-19/h1-15,25H,(H,24,26). The molecule has 2 heterocycles. The number of nitrogens with one attached hydrogen (secondary N) is 2. The summed E-state index contributed by atoms with van der Waals surface area (Å²) >= 11 is 0. The molecule has 0 unspecified atom stereocenters. The van der Waals surface area contributed by atoms with Crippen LogP contribution in [0.5, 0.6) is 0 Å². The third-order valence-electron chi connectivity index (χ3n) is 4.14. The average molecular weight is 339 g/mol. The van der Waals surface area contributed by atoms with Gasteiger partial charge in [-0.3, -0.25) is 9.78 Å². The van der Waals surface area contributed by atoms with Gasteiger partial charge in [-0.2, -0.15) is 0 Å². The number of nitrogens with zero attached hydrogens (tertiary/aromatic N) is 1. The Bertz CT molecular complexity index is 1060. The van der Waals surface area contributed by atoms with E-state index >= 15 is 0 Å². The highest BCUT2D eigenvalue weighted by atomic mass is 16.1. The van der Waals surface area contributed by atoms with Crippen LogP contribution in [0.2, 0.25) is 0 Å². The zero-order valence-electron chi connectivity index (χ0n) is 14.0. The Kier molecular flexibility index (Phi) is 4.31. The average Bonchev–Trinajstić information content (AvgIpc) is 2.71. The molecule has 0 aliphatic heterocycles. The highest BCUT2D eigenvalue weighted by Crippen LogP contribution is 2.35. The topological polar surface area (TPSA) is 57.8 Å². The molecule has 2 N–H and O–H groups in total. The van der Waals surface area contributed by atoms with Gasteiger partial charge in [0, 0.05) is 29.2 Å². The van der Waals surface area contributed by atoms with Crippen LogP contribution >= 0.6 is 0 Å². The van der Waals surface area contributed by atoms with Gasteiger partial charge in [-0.15, -0.1) is 0 Å². The number of H-pyrrole nitrogens is 1. The molecule has 0 aliphatic carbocycles. The van der Waals surface area contributed by atoms with E-state index in [0.29, 0.717) is 5.69 Å². The number of para-hydroxylation sites is 1. The van der Waals surface area contributed by atoms with E-state index in [0.717, 1.165) is 28.1 Å². The fourth-order valence-corrected chi connectivity index (χ4v) is 2.94. The predicted molar refractivity (Wildman–Crippen MR) is 105 cm³/mol. The van der Waals surface area contributed by atoms with E-state index in [-0.39, 0.29) is 5.56 Å². The quantitative estimate of drug-likeness (QED) is 0.559. The van der Waals surface area contributed by atoms with Crippen molar-refractivity contribution in [3.05, 3.63) is 102 Å². The number of aromatic nitrogens is 2. The van der Waals surface area contributed by atoms with Crippen molar-refractivity contribution in [2.45, 2.75) is 0 Å². The van der Waals surface area contributed by atoms with Crippen LogP contribution in [0, 0.1) is 0 Å². The van der Waals surface area contributed by atoms with Crippen LogP contribution in [0.3, 0.4) is 0 Å². The maximum atomic E-state index is 12.7. The summed E-state index contributed by atoms with van der Waals surface area (Å²) in [6, 6.07) is 25.3. The van der Waals surface area contributed by atoms with Gasteiger partial charge < -0.3 is 10.3 Å². The number of anilines is 2. The third kappa shape index (κ3) is 3.13. The lowest BCUT2D eigenvalue weighted by molar-refractivity contribution is 1.22. The monoisotopic (exact) mass is 339 g/mol. The van der Waals surface area contributed by atoms with Crippen LogP contribution in [0.4, 0.5) is 11.4 Å². The maximum Gasteiger partial charge on any atom is 0.272 e. The van der Waals surface area contributed by atoms with Crippen molar-refractivity contribution in [1.29, 1.82) is 0 Å². The Hall–Kier alpha value is -3.66. The normalized spacial score (nSPS) is 10.5. The highest BCUT2D eigenvalue weighted by Gasteiger charge is 2.16. The summed E-state index contributed by atoms with van der Waals surface area (Å²) in [5.74, 6) is 0. The summed E-state index contributed by atoms with van der Waals surface area (Å²) in [6.45, 7) is 0. The molecule has 0 radical (unpaired) electrons. The molecule has 0 spiro atoms. The number of hydrogen-bond acceptors (Lipinski definition) is 3. The van der Waals surface area contributed by atoms with Crippen molar-refractivity contribution < 1.29 is 0 Å². The fourth-order valence-electron chi connectivity index (χ4n) is 2.94. The molecule has 0 saturated carbocycles. The first-order chi connectivity index (χ1) is 12.8. The van der Waals surface area contributed by atoms with Crippen molar-refractivity contribution in [2.75, 3.05) is 5.32 Å². The SMILES string of the molecule is O=c1[nH]cc(-c2ccccn2)c(-c2ccccc2)c1Nc1ccccc1. The first-order valence-corrected chi connectivity index (χ1v) is 8.37. The minimum atomic E-state index is -0.174. The van der Waals surface area contributed by atoms with Gasteiger partial charge >= 0.3 is 0 Å². The van der Waals surface area contributed by atoms with Crippen molar-refractivity contribution >= 4 is 11.4 Å². The number of benzene rings is 2. The van der Waals surface area contributed by atoms with Gasteiger partial charge in [0.1, 0.15) is 5.69 Å². The second-order valence-electron chi connectivity index (χ2n) is 5.85. The zero-order valence-corrected chi connectivity index (χ0v) is 14.0. The third-order valence-corrected chi connectivity index (χ3v) is 4.14. The molecule has 2 aromatic carbocycles. The van der Waals surface area contributed by atoms with Crippen molar-refractivity contribution in [1.82, 2.24) is 9.97 Å². The molecule has 0 atom stereocenters. The first kappa shape index (κ1) is 15.8. The molecule has 126 valence electrons. The van der Waals surface area contributed by atoms with Gasteiger partial charge in [-0.05, 0) is 29.8 Å². The molecule has 0 saturated heterocycles. The van der Waals surface area contributed by atoms with E-state index in [2.05, 4.69) is 15.3 Å².